The number of aliphatic hydroxyl groups is 1. The van der Waals surface area contributed by atoms with Crippen molar-refractivity contribution in [1.29, 1.82) is 0 Å². The molecule has 0 radical (unpaired) electrons. The third-order valence-corrected chi connectivity index (χ3v) is 5.68. The zero-order valence-corrected chi connectivity index (χ0v) is 21.0. The zero-order valence-electron chi connectivity index (χ0n) is 17.9. The molecule has 4 N–H and O–H groups in total. The van der Waals surface area contributed by atoms with Crippen molar-refractivity contribution in [2.24, 2.45) is 4.99 Å². The van der Waals surface area contributed by atoms with E-state index in [4.69, 9.17) is 0 Å². The molecule has 7 nitrogen and oxygen atoms in total. The Hall–Kier alpha value is -1.92. The minimum atomic E-state index is -3.67. The van der Waals surface area contributed by atoms with Gasteiger partial charge in [-0.2, -0.15) is 0 Å². The largest absolute Gasteiger partial charge is 0.384 e. The van der Waals surface area contributed by atoms with E-state index in [1.165, 1.54) is 12.1 Å². The highest BCUT2D eigenvalue weighted by atomic mass is 127. The van der Waals surface area contributed by atoms with Gasteiger partial charge in [0.15, 0.2) is 5.96 Å². The van der Waals surface area contributed by atoms with Gasteiger partial charge in [0.1, 0.15) is 11.4 Å². The number of aryl methyl sites for hydroxylation is 1. The number of nitrogens with one attached hydrogen (secondary N) is 3. The normalized spacial score (nSPS) is 13.6. The predicted octanol–water partition coefficient (Wildman–Crippen LogP) is 2.96. The van der Waals surface area contributed by atoms with E-state index in [0.717, 1.165) is 11.6 Å². The molecule has 0 aliphatic heterocycles. The number of sulfonamides is 1. The molecular formula is C21H30FIN4O3S. The van der Waals surface area contributed by atoms with Crippen LogP contribution in [0.1, 0.15) is 25.0 Å². The molecule has 0 aliphatic rings. The van der Waals surface area contributed by atoms with Gasteiger partial charge in [-0.15, -0.1) is 24.0 Å². The Labute approximate surface area is 200 Å². The third-order valence-electron chi connectivity index (χ3n) is 4.39. The molecule has 0 bridgehead atoms. The topological polar surface area (TPSA) is 103 Å². The molecule has 1 unspecified atom stereocenters. The second-order valence-corrected chi connectivity index (χ2v) is 8.99. The summed E-state index contributed by atoms with van der Waals surface area (Å²) in [5, 5.41) is 16.6. The Bertz CT molecular complexity index is 970. The lowest BCUT2D eigenvalue weighted by Crippen LogP contribution is -2.41. The van der Waals surface area contributed by atoms with Gasteiger partial charge in [0, 0.05) is 13.1 Å². The van der Waals surface area contributed by atoms with E-state index in [0.29, 0.717) is 18.1 Å². The van der Waals surface area contributed by atoms with Crippen molar-refractivity contribution < 1.29 is 17.9 Å². The molecule has 172 valence electrons. The summed E-state index contributed by atoms with van der Waals surface area (Å²) in [7, 11) is -3.67. The van der Waals surface area contributed by atoms with Crippen molar-refractivity contribution in [2.45, 2.75) is 26.4 Å². The second-order valence-electron chi connectivity index (χ2n) is 7.15. The Kier molecular flexibility index (Phi) is 10.7. The smallest absolute Gasteiger partial charge is 0.234 e. The summed E-state index contributed by atoms with van der Waals surface area (Å²) in [5.74, 6) is -0.312. The first kappa shape index (κ1) is 27.1. The summed E-state index contributed by atoms with van der Waals surface area (Å²) in [4.78, 5) is 4.37. The number of halogens is 2. The first-order valence-electron chi connectivity index (χ1n) is 9.70. The first-order chi connectivity index (χ1) is 14.1. The molecule has 0 saturated heterocycles. The van der Waals surface area contributed by atoms with Gasteiger partial charge in [-0.25, -0.2) is 17.8 Å². The van der Waals surface area contributed by atoms with Crippen LogP contribution in [0.15, 0.2) is 53.5 Å². The number of benzene rings is 2. The lowest BCUT2D eigenvalue weighted by Gasteiger charge is -2.22. The van der Waals surface area contributed by atoms with Crippen molar-refractivity contribution in [2.75, 3.05) is 30.1 Å². The molecule has 0 fully saturated rings. The van der Waals surface area contributed by atoms with Crippen LogP contribution in [-0.2, 0) is 15.6 Å². The standard InChI is InChI=1S/C21H29FN4O3S.HI/c1-4-23-20(25-15-21(3,27)17-8-6-5-7-9-17)24-12-13-30(28,29)26-18-11-10-16(2)19(22)14-18;/h5-11,14,26-27H,4,12-13,15H2,1-3H3,(H2,23,24,25);1H. The SMILES string of the molecule is CCNC(=NCC(C)(O)c1ccccc1)NCCS(=O)(=O)Nc1ccc(C)c(F)c1.I. The van der Waals surface area contributed by atoms with Crippen LogP contribution in [0.25, 0.3) is 0 Å². The Morgan fingerprint density at radius 1 is 1.16 bits per heavy atom. The number of anilines is 1. The van der Waals surface area contributed by atoms with Gasteiger partial charge >= 0.3 is 0 Å². The summed E-state index contributed by atoms with van der Waals surface area (Å²) in [6.07, 6.45) is 0. The molecule has 0 aliphatic carbocycles. The van der Waals surface area contributed by atoms with Crippen LogP contribution in [0, 0.1) is 12.7 Å². The van der Waals surface area contributed by atoms with Crippen LogP contribution in [0.5, 0.6) is 0 Å². The maximum Gasteiger partial charge on any atom is 0.234 e. The molecule has 2 rings (SSSR count). The van der Waals surface area contributed by atoms with E-state index < -0.39 is 21.4 Å². The lowest BCUT2D eigenvalue weighted by atomic mass is 9.96. The predicted molar refractivity (Wildman–Crippen MR) is 134 cm³/mol. The minimum Gasteiger partial charge on any atom is -0.384 e. The van der Waals surface area contributed by atoms with Gasteiger partial charge in [0.25, 0.3) is 0 Å². The summed E-state index contributed by atoms with van der Waals surface area (Å²) in [6, 6.07) is 13.4. The van der Waals surface area contributed by atoms with Gasteiger partial charge in [0.2, 0.25) is 10.0 Å². The average molecular weight is 564 g/mol. The minimum absolute atomic E-state index is 0. The summed E-state index contributed by atoms with van der Waals surface area (Å²) in [5.41, 5.74) is 0.198. The molecule has 31 heavy (non-hydrogen) atoms. The molecule has 1 atom stereocenters. The lowest BCUT2D eigenvalue weighted by molar-refractivity contribution is 0.0672. The van der Waals surface area contributed by atoms with Gasteiger partial charge < -0.3 is 15.7 Å². The van der Waals surface area contributed by atoms with E-state index in [1.54, 1.807) is 13.8 Å². The quantitative estimate of drug-likeness (QED) is 0.213. The van der Waals surface area contributed by atoms with Gasteiger partial charge in [-0.1, -0.05) is 36.4 Å². The highest BCUT2D eigenvalue weighted by Crippen LogP contribution is 2.20. The van der Waals surface area contributed by atoms with Crippen LogP contribution >= 0.6 is 24.0 Å². The van der Waals surface area contributed by atoms with Crippen LogP contribution in [0.4, 0.5) is 10.1 Å². The zero-order chi connectivity index (χ0) is 22.2. The number of hydrogen-bond donors (Lipinski definition) is 4. The molecule has 0 saturated carbocycles. The molecule has 0 aromatic heterocycles. The Morgan fingerprint density at radius 2 is 1.84 bits per heavy atom. The fourth-order valence-corrected chi connectivity index (χ4v) is 3.61. The van der Waals surface area contributed by atoms with Gasteiger partial charge in [-0.3, -0.25) is 4.72 Å². The highest BCUT2D eigenvalue weighted by molar-refractivity contribution is 14.0. The molecular weight excluding hydrogens is 534 g/mol. The van der Waals surface area contributed by atoms with Crippen molar-refractivity contribution in [3.8, 4) is 0 Å². The number of rotatable bonds is 9. The number of aliphatic imine (C=N–C) groups is 1. The summed E-state index contributed by atoms with van der Waals surface area (Å²) in [6.45, 7) is 5.92. The molecule has 0 heterocycles. The monoisotopic (exact) mass is 564 g/mol. The summed E-state index contributed by atoms with van der Waals surface area (Å²) < 4.78 is 40.5. The van der Waals surface area contributed by atoms with Crippen LogP contribution < -0.4 is 15.4 Å². The van der Waals surface area contributed by atoms with Crippen molar-refractivity contribution in [3.63, 3.8) is 0 Å². The van der Waals surface area contributed by atoms with Crippen LogP contribution in [-0.4, -0.2) is 44.9 Å². The Morgan fingerprint density at radius 3 is 2.45 bits per heavy atom. The highest BCUT2D eigenvalue weighted by Gasteiger charge is 2.22. The van der Waals surface area contributed by atoms with E-state index in [9.17, 15) is 17.9 Å². The number of hydrogen-bond acceptors (Lipinski definition) is 4. The number of guanidine groups is 1. The van der Waals surface area contributed by atoms with E-state index in [2.05, 4.69) is 20.3 Å². The van der Waals surface area contributed by atoms with E-state index in [1.807, 2.05) is 37.3 Å². The maximum atomic E-state index is 13.6. The van der Waals surface area contributed by atoms with Gasteiger partial charge in [-0.05, 0) is 44.0 Å². The molecule has 0 spiro atoms. The van der Waals surface area contributed by atoms with E-state index in [-0.39, 0.29) is 48.5 Å². The van der Waals surface area contributed by atoms with Crippen LogP contribution in [0.3, 0.4) is 0 Å². The fraction of sp³-hybridized carbons (Fsp3) is 0.381. The maximum absolute atomic E-state index is 13.6. The fourth-order valence-electron chi connectivity index (χ4n) is 2.65. The average Bonchev–Trinajstić information content (AvgIpc) is 2.69. The molecule has 0 amide bonds. The van der Waals surface area contributed by atoms with Crippen molar-refractivity contribution >= 4 is 45.6 Å². The third kappa shape index (κ3) is 8.99. The number of nitrogens with zero attached hydrogens (tertiary/aromatic N) is 1. The van der Waals surface area contributed by atoms with Crippen molar-refractivity contribution in [1.82, 2.24) is 10.6 Å². The van der Waals surface area contributed by atoms with Gasteiger partial charge in [0.05, 0.1) is 18.0 Å². The molecule has 10 heteroatoms. The molecule has 2 aromatic rings. The molecule has 2 aromatic carbocycles. The second kappa shape index (κ2) is 12.2. The van der Waals surface area contributed by atoms with E-state index >= 15 is 0 Å². The Balaban J connectivity index is 0.00000480. The summed E-state index contributed by atoms with van der Waals surface area (Å²) >= 11 is 0. The first-order valence-corrected chi connectivity index (χ1v) is 11.3. The van der Waals surface area contributed by atoms with Crippen molar-refractivity contribution in [3.05, 3.63) is 65.5 Å². The van der Waals surface area contributed by atoms with Crippen LogP contribution in [0.2, 0.25) is 0 Å².